The van der Waals surface area contributed by atoms with Gasteiger partial charge in [0.25, 0.3) is 0 Å². The molecule has 0 aromatic carbocycles. The zero-order valence-corrected chi connectivity index (χ0v) is 12.0. The van der Waals surface area contributed by atoms with Gasteiger partial charge in [0.05, 0.1) is 6.04 Å². The van der Waals surface area contributed by atoms with E-state index in [2.05, 4.69) is 10.3 Å². The molecule has 110 valence electrons. The van der Waals surface area contributed by atoms with E-state index in [0.29, 0.717) is 6.54 Å². The van der Waals surface area contributed by atoms with E-state index < -0.39 is 17.6 Å². The lowest BCUT2D eigenvalue weighted by Crippen LogP contribution is -2.40. The Hall–Kier alpha value is -1.85. The molecule has 1 atom stereocenters. The maximum atomic E-state index is 13.1. The molecule has 1 amide bonds. The standard InChI is InChI=1S/C14H20FN3O2/c1-14(2,3)20-13(19)17-10-5-7-18(9-10)11-4-6-16-12(15)8-11/h4,6,8,10H,5,7,9H2,1-3H3,(H,17,19)/t10-/m1/s1. The highest BCUT2D eigenvalue weighted by Gasteiger charge is 2.26. The van der Waals surface area contributed by atoms with Crippen molar-refractivity contribution in [3.63, 3.8) is 0 Å². The summed E-state index contributed by atoms with van der Waals surface area (Å²) in [6.45, 7) is 6.89. The number of anilines is 1. The number of alkyl carbamates (subject to hydrolysis) is 1. The molecular formula is C14H20FN3O2. The predicted octanol–water partition coefficient (Wildman–Crippen LogP) is 2.32. The average Bonchev–Trinajstić information content (AvgIpc) is 2.74. The number of aromatic nitrogens is 1. The molecule has 2 rings (SSSR count). The lowest BCUT2D eigenvalue weighted by atomic mass is 10.2. The van der Waals surface area contributed by atoms with E-state index in [-0.39, 0.29) is 6.04 Å². The van der Waals surface area contributed by atoms with Gasteiger partial charge in [-0.2, -0.15) is 4.39 Å². The third-order valence-electron chi connectivity index (χ3n) is 2.98. The van der Waals surface area contributed by atoms with Crippen LogP contribution >= 0.6 is 0 Å². The van der Waals surface area contributed by atoms with Gasteiger partial charge in [-0.15, -0.1) is 0 Å². The Morgan fingerprint density at radius 3 is 2.95 bits per heavy atom. The molecule has 1 saturated heterocycles. The van der Waals surface area contributed by atoms with E-state index in [1.54, 1.807) is 6.07 Å². The van der Waals surface area contributed by atoms with E-state index in [0.717, 1.165) is 18.7 Å². The fourth-order valence-corrected chi connectivity index (χ4v) is 2.18. The van der Waals surface area contributed by atoms with Crippen molar-refractivity contribution in [2.75, 3.05) is 18.0 Å². The van der Waals surface area contributed by atoms with Crippen LogP contribution in [0.2, 0.25) is 0 Å². The van der Waals surface area contributed by atoms with Crippen molar-refractivity contribution in [2.24, 2.45) is 0 Å². The second-order valence-electron chi connectivity index (χ2n) is 5.91. The maximum Gasteiger partial charge on any atom is 0.407 e. The zero-order chi connectivity index (χ0) is 14.8. The zero-order valence-electron chi connectivity index (χ0n) is 12.0. The minimum absolute atomic E-state index is 0.0149. The van der Waals surface area contributed by atoms with Gasteiger partial charge >= 0.3 is 6.09 Å². The summed E-state index contributed by atoms with van der Waals surface area (Å²) in [5, 5.41) is 2.84. The van der Waals surface area contributed by atoms with Gasteiger partial charge in [-0.25, -0.2) is 9.78 Å². The summed E-state index contributed by atoms with van der Waals surface area (Å²) < 4.78 is 18.3. The highest BCUT2D eigenvalue weighted by molar-refractivity contribution is 5.68. The quantitative estimate of drug-likeness (QED) is 0.845. The summed E-state index contributed by atoms with van der Waals surface area (Å²) >= 11 is 0. The van der Waals surface area contributed by atoms with Crippen LogP contribution in [0.5, 0.6) is 0 Å². The summed E-state index contributed by atoms with van der Waals surface area (Å²) in [6, 6.07) is 3.18. The number of hydrogen-bond acceptors (Lipinski definition) is 4. The van der Waals surface area contributed by atoms with Crippen molar-refractivity contribution in [3.8, 4) is 0 Å². The minimum atomic E-state index is -0.503. The first-order valence-electron chi connectivity index (χ1n) is 6.69. The molecule has 1 N–H and O–H groups in total. The van der Waals surface area contributed by atoms with Crippen molar-refractivity contribution >= 4 is 11.8 Å². The van der Waals surface area contributed by atoms with Gasteiger partial charge in [0.15, 0.2) is 0 Å². The molecule has 0 radical (unpaired) electrons. The maximum absolute atomic E-state index is 13.1. The normalized spacial score (nSPS) is 19.0. The van der Waals surface area contributed by atoms with Crippen LogP contribution in [0.3, 0.4) is 0 Å². The summed E-state index contributed by atoms with van der Waals surface area (Å²) in [5.41, 5.74) is 0.280. The SMILES string of the molecule is CC(C)(C)OC(=O)N[C@@H]1CCN(c2ccnc(F)c2)C1. The van der Waals surface area contributed by atoms with E-state index in [4.69, 9.17) is 4.74 Å². The molecule has 0 saturated carbocycles. The van der Waals surface area contributed by atoms with E-state index in [1.165, 1.54) is 12.3 Å². The fourth-order valence-electron chi connectivity index (χ4n) is 2.18. The second kappa shape index (κ2) is 5.64. The molecule has 0 aliphatic carbocycles. The topological polar surface area (TPSA) is 54.5 Å². The van der Waals surface area contributed by atoms with Gasteiger partial charge in [-0.1, -0.05) is 0 Å². The Kier molecular flexibility index (Phi) is 4.11. The Morgan fingerprint density at radius 1 is 1.55 bits per heavy atom. The van der Waals surface area contributed by atoms with Crippen molar-refractivity contribution in [3.05, 3.63) is 24.3 Å². The molecule has 6 heteroatoms. The van der Waals surface area contributed by atoms with Crippen LogP contribution in [0.25, 0.3) is 0 Å². The molecule has 1 aliphatic rings. The third kappa shape index (κ3) is 4.08. The van der Waals surface area contributed by atoms with Crippen LogP contribution in [0.1, 0.15) is 27.2 Å². The van der Waals surface area contributed by atoms with Crippen molar-refractivity contribution in [2.45, 2.75) is 38.8 Å². The van der Waals surface area contributed by atoms with Gasteiger partial charge in [0.1, 0.15) is 5.60 Å². The molecule has 20 heavy (non-hydrogen) atoms. The van der Waals surface area contributed by atoms with Gasteiger partial charge in [-0.3, -0.25) is 0 Å². The Labute approximate surface area is 118 Å². The smallest absolute Gasteiger partial charge is 0.407 e. The number of amides is 1. The molecular weight excluding hydrogens is 261 g/mol. The molecule has 2 heterocycles. The first-order chi connectivity index (χ1) is 9.33. The molecule has 0 bridgehead atoms. The molecule has 5 nitrogen and oxygen atoms in total. The second-order valence-corrected chi connectivity index (χ2v) is 5.91. The van der Waals surface area contributed by atoms with Crippen LogP contribution in [0.4, 0.5) is 14.9 Å². The number of halogens is 1. The van der Waals surface area contributed by atoms with Crippen LogP contribution in [0, 0.1) is 5.95 Å². The molecule has 1 aliphatic heterocycles. The molecule has 0 spiro atoms. The van der Waals surface area contributed by atoms with E-state index in [1.807, 2.05) is 25.7 Å². The Balaban J connectivity index is 1.88. The molecule has 1 fully saturated rings. The van der Waals surface area contributed by atoms with Crippen LogP contribution < -0.4 is 10.2 Å². The van der Waals surface area contributed by atoms with Gasteiger partial charge in [0.2, 0.25) is 5.95 Å². The van der Waals surface area contributed by atoms with E-state index >= 15 is 0 Å². The molecule has 0 unspecified atom stereocenters. The lowest BCUT2D eigenvalue weighted by molar-refractivity contribution is 0.0509. The molecule has 1 aromatic heterocycles. The van der Waals surface area contributed by atoms with Crippen molar-refractivity contribution in [1.82, 2.24) is 10.3 Å². The van der Waals surface area contributed by atoms with Crippen molar-refractivity contribution < 1.29 is 13.9 Å². The third-order valence-corrected chi connectivity index (χ3v) is 2.98. The number of hydrogen-bond donors (Lipinski definition) is 1. The molecule has 1 aromatic rings. The number of nitrogens with zero attached hydrogens (tertiary/aromatic N) is 2. The number of ether oxygens (including phenoxy) is 1. The summed E-state index contributed by atoms with van der Waals surface area (Å²) in [7, 11) is 0. The Morgan fingerprint density at radius 2 is 2.30 bits per heavy atom. The van der Waals surface area contributed by atoms with E-state index in [9.17, 15) is 9.18 Å². The van der Waals surface area contributed by atoms with Gasteiger partial charge < -0.3 is 15.0 Å². The number of carbonyl (C=O) groups is 1. The summed E-state index contributed by atoms with van der Waals surface area (Å²) in [6.07, 6.45) is 1.84. The van der Waals surface area contributed by atoms with Crippen molar-refractivity contribution in [1.29, 1.82) is 0 Å². The first kappa shape index (κ1) is 14.6. The average molecular weight is 281 g/mol. The number of rotatable bonds is 2. The van der Waals surface area contributed by atoms with Crippen LogP contribution in [-0.4, -0.2) is 35.8 Å². The highest BCUT2D eigenvalue weighted by Crippen LogP contribution is 2.20. The predicted molar refractivity (Wildman–Crippen MR) is 74.2 cm³/mol. The lowest BCUT2D eigenvalue weighted by Gasteiger charge is -2.22. The number of nitrogens with one attached hydrogen (secondary N) is 1. The van der Waals surface area contributed by atoms with Gasteiger partial charge in [0, 0.05) is 31.0 Å². The number of pyridine rings is 1. The fraction of sp³-hybridized carbons (Fsp3) is 0.571. The highest BCUT2D eigenvalue weighted by atomic mass is 19.1. The Bertz CT molecular complexity index is 488. The summed E-state index contributed by atoms with van der Waals surface area (Å²) in [5.74, 6) is -0.494. The van der Waals surface area contributed by atoms with Crippen LogP contribution in [0.15, 0.2) is 18.3 Å². The summed E-state index contributed by atoms with van der Waals surface area (Å²) in [4.78, 5) is 17.2. The van der Waals surface area contributed by atoms with Crippen LogP contribution in [-0.2, 0) is 4.74 Å². The van der Waals surface area contributed by atoms with Gasteiger partial charge in [-0.05, 0) is 33.3 Å². The number of carbonyl (C=O) groups excluding carboxylic acids is 1. The minimum Gasteiger partial charge on any atom is -0.444 e. The largest absolute Gasteiger partial charge is 0.444 e. The first-order valence-corrected chi connectivity index (χ1v) is 6.69. The monoisotopic (exact) mass is 281 g/mol.